The highest BCUT2D eigenvalue weighted by molar-refractivity contribution is 5.79. The molecule has 27 heavy (non-hydrogen) atoms. The van der Waals surface area contributed by atoms with Gasteiger partial charge in [0.2, 0.25) is 0 Å². The molecular weight excluding hydrogens is 346 g/mol. The Kier molecular flexibility index (Phi) is 8.17. The molecule has 1 saturated carbocycles. The molecule has 0 radical (unpaired) electrons. The number of esters is 1. The molecule has 1 aromatic rings. The van der Waals surface area contributed by atoms with E-state index in [0.29, 0.717) is 37.1 Å². The van der Waals surface area contributed by atoms with Crippen LogP contribution in [0.4, 0.5) is 0 Å². The Morgan fingerprint density at radius 3 is 2.70 bits per heavy atom. The minimum atomic E-state index is -0.286. The second kappa shape index (κ2) is 10.6. The van der Waals surface area contributed by atoms with E-state index in [2.05, 4.69) is 6.58 Å². The van der Waals surface area contributed by atoms with Gasteiger partial charge in [0.05, 0.1) is 20.1 Å². The van der Waals surface area contributed by atoms with Crippen LogP contribution in [0.2, 0.25) is 0 Å². The first kappa shape index (κ1) is 20.8. The summed E-state index contributed by atoms with van der Waals surface area (Å²) in [4.78, 5) is 25.9. The van der Waals surface area contributed by atoms with E-state index < -0.39 is 0 Å². The number of hydrogen-bond acceptors (Lipinski definition) is 5. The summed E-state index contributed by atoms with van der Waals surface area (Å²) in [7, 11) is 1.57. The maximum absolute atomic E-state index is 12.6. The minimum absolute atomic E-state index is 0.0906. The molecule has 2 rings (SSSR count). The molecule has 0 N–H and O–H groups in total. The van der Waals surface area contributed by atoms with Gasteiger partial charge in [-0.25, -0.2) is 0 Å². The Labute approximate surface area is 161 Å². The lowest BCUT2D eigenvalue weighted by Gasteiger charge is -2.22. The van der Waals surface area contributed by atoms with Crippen molar-refractivity contribution in [1.82, 2.24) is 4.90 Å². The van der Waals surface area contributed by atoms with Crippen LogP contribution in [-0.4, -0.2) is 50.2 Å². The monoisotopic (exact) mass is 375 g/mol. The lowest BCUT2D eigenvalue weighted by molar-refractivity contribution is -0.144. The smallest absolute Gasteiger partial charge is 0.307 e. The Bertz CT molecular complexity index is 654. The van der Waals surface area contributed by atoms with Crippen molar-refractivity contribution in [1.29, 1.82) is 0 Å². The predicted molar refractivity (Wildman–Crippen MR) is 103 cm³/mol. The zero-order valence-corrected chi connectivity index (χ0v) is 16.2. The number of carbonyl (C=O) groups is 2. The molecule has 0 aliphatic heterocycles. The Hall–Kier alpha value is -2.50. The number of benzene rings is 1. The van der Waals surface area contributed by atoms with E-state index in [4.69, 9.17) is 14.2 Å². The highest BCUT2D eigenvalue weighted by Gasteiger charge is 2.27. The van der Waals surface area contributed by atoms with Gasteiger partial charge in [0.15, 0.2) is 18.1 Å². The normalized spacial score (nSPS) is 13.0. The molecule has 0 bridgehead atoms. The molecule has 1 aliphatic rings. The summed E-state index contributed by atoms with van der Waals surface area (Å²) < 4.78 is 16.0. The van der Waals surface area contributed by atoms with Crippen LogP contribution in [0.5, 0.6) is 11.5 Å². The van der Waals surface area contributed by atoms with Gasteiger partial charge in [0.25, 0.3) is 5.91 Å². The molecule has 1 aromatic carbocycles. The summed E-state index contributed by atoms with van der Waals surface area (Å²) >= 11 is 0. The molecule has 6 heteroatoms. The Balaban J connectivity index is 1.93. The number of amides is 1. The van der Waals surface area contributed by atoms with Gasteiger partial charge >= 0.3 is 5.97 Å². The molecule has 1 amide bonds. The van der Waals surface area contributed by atoms with E-state index in [1.807, 2.05) is 18.2 Å². The van der Waals surface area contributed by atoms with Crippen LogP contribution in [0, 0.1) is 5.92 Å². The van der Waals surface area contributed by atoms with Gasteiger partial charge in [-0.2, -0.15) is 0 Å². The topological polar surface area (TPSA) is 65.1 Å². The Morgan fingerprint density at radius 2 is 2.07 bits per heavy atom. The fourth-order valence-electron chi connectivity index (χ4n) is 2.74. The van der Waals surface area contributed by atoms with Crippen LogP contribution >= 0.6 is 0 Å². The number of nitrogens with zero attached hydrogens (tertiary/aromatic N) is 1. The van der Waals surface area contributed by atoms with Crippen molar-refractivity contribution in [2.24, 2.45) is 5.92 Å². The summed E-state index contributed by atoms with van der Waals surface area (Å²) in [6, 6.07) is 5.60. The van der Waals surface area contributed by atoms with Crippen molar-refractivity contribution in [2.75, 3.05) is 33.4 Å². The molecule has 148 valence electrons. The quantitative estimate of drug-likeness (QED) is 0.415. The summed E-state index contributed by atoms with van der Waals surface area (Å²) in [6.45, 7) is 6.77. The molecule has 0 spiro atoms. The first-order valence-electron chi connectivity index (χ1n) is 9.41. The van der Waals surface area contributed by atoms with Gasteiger partial charge in [-0.1, -0.05) is 12.1 Å². The number of ether oxygens (including phenoxy) is 3. The van der Waals surface area contributed by atoms with Crippen LogP contribution in [-0.2, 0) is 20.7 Å². The van der Waals surface area contributed by atoms with E-state index >= 15 is 0 Å². The molecule has 6 nitrogen and oxygen atoms in total. The number of carbonyl (C=O) groups excluding carboxylic acids is 2. The van der Waals surface area contributed by atoms with Gasteiger partial charge in [-0.15, -0.1) is 6.58 Å². The van der Waals surface area contributed by atoms with Crippen molar-refractivity contribution in [3.8, 4) is 11.5 Å². The van der Waals surface area contributed by atoms with Gasteiger partial charge in [0.1, 0.15) is 0 Å². The maximum atomic E-state index is 12.6. The third kappa shape index (κ3) is 6.96. The van der Waals surface area contributed by atoms with Crippen LogP contribution in [0.1, 0.15) is 31.7 Å². The van der Waals surface area contributed by atoms with E-state index in [1.165, 1.54) is 0 Å². The van der Waals surface area contributed by atoms with Crippen molar-refractivity contribution in [3.63, 3.8) is 0 Å². The summed E-state index contributed by atoms with van der Waals surface area (Å²) in [6.07, 6.45) is 5.01. The molecule has 0 heterocycles. The van der Waals surface area contributed by atoms with E-state index in [0.717, 1.165) is 24.8 Å². The van der Waals surface area contributed by atoms with Crippen molar-refractivity contribution in [3.05, 3.63) is 36.4 Å². The average Bonchev–Trinajstić information content (AvgIpc) is 3.48. The van der Waals surface area contributed by atoms with Gasteiger partial charge < -0.3 is 19.1 Å². The van der Waals surface area contributed by atoms with Crippen molar-refractivity contribution < 1.29 is 23.8 Å². The third-order valence-corrected chi connectivity index (χ3v) is 4.38. The third-order valence-electron chi connectivity index (χ3n) is 4.38. The zero-order valence-electron chi connectivity index (χ0n) is 16.2. The Morgan fingerprint density at radius 1 is 1.30 bits per heavy atom. The number of allylic oxidation sites excluding steroid dienone is 1. The molecule has 1 fully saturated rings. The van der Waals surface area contributed by atoms with Gasteiger partial charge in [0, 0.05) is 13.1 Å². The average molecular weight is 375 g/mol. The number of rotatable bonds is 12. The minimum Gasteiger partial charge on any atom is -0.493 e. The summed E-state index contributed by atoms with van der Waals surface area (Å²) in [5, 5.41) is 0. The standard InChI is InChI=1S/C21H29NO5/c1-4-6-16-9-10-18(19(13-16)25-3)27-15-20(23)22(14-17-7-8-17)12-11-21(24)26-5-2/h4,9-10,13,17H,1,5-8,11-12,14-15H2,2-3H3. The molecular formula is C21H29NO5. The van der Waals surface area contributed by atoms with Crippen LogP contribution in [0.3, 0.4) is 0 Å². The van der Waals surface area contributed by atoms with Crippen LogP contribution in [0.15, 0.2) is 30.9 Å². The fourth-order valence-corrected chi connectivity index (χ4v) is 2.74. The van der Waals surface area contributed by atoms with Crippen molar-refractivity contribution in [2.45, 2.75) is 32.6 Å². The largest absolute Gasteiger partial charge is 0.493 e. The fraction of sp³-hybridized carbons (Fsp3) is 0.524. The van der Waals surface area contributed by atoms with Crippen molar-refractivity contribution >= 4 is 11.9 Å². The summed E-state index contributed by atoms with van der Waals surface area (Å²) in [5.74, 6) is 1.22. The highest BCUT2D eigenvalue weighted by Crippen LogP contribution is 2.30. The van der Waals surface area contributed by atoms with Crippen LogP contribution in [0.25, 0.3) is 0 Å². The molecule has 0 atom stereocenters. The SMILES string of the molecule is C=CCc1ccc(OCC(=O)N(CCC(=O)OCC)CC2CC2)c(OC)c1. The predicted octanol–water partition coefficient (Wildman–Crippen LogP) is 2.99. The molecule has 0 aromatic heterocycles. The summed E-state index contributed by atoms with van der Waals surface area (Å²) in [5.41, 5.74) is 1.06. The van der Waals surface area contributed by atoms with Crippen LogP contribution < -0.4 is 9.47 Å². The second-order valence-electron chi connectivity index (χ2n) is 6.60. The van der Waals surface area contributed by atoms with E-state index in [1.54, 1.807) is 25.0 Å². The maximum Gasteiger partial charge on any atom is 0.307 e. The second-order valence-corrected chi connectivity index (χ2v) is 6.60. The first-order chi connectivity index (χ1) is 13.1. The number of methoxy groups -OCH3 is 1. The first-order valence-corrected chi connectivity index (χ1v) is 9.41. The van der Waals surface area contributed by atoms with E-state index in [-0.39, 0.29) is 24.9 Å². The molecule has 1 aliphatic carbocycles. The highest BCUT2D eigenvalue weighted by atomic mass is 16.5. The van der Waals surface area contributed by atoms with Gasteiger partial charge in [-0.3, -0.25) is 9.59 Å². The van der Waals surface area contributed by atoms with Gasteiger partial charge in [-0.05, 0) is 49.8 Å². The van der Waals surface area contributed by atoms with E-state index in [9.17, 15) is 9.59 Å². The zero-order chi connectivity index (χ0) is 19.6. The lowest BCUT2D eigenvalue weighted by atomic mass is 10.1. The lowest BCUT2D eigenvalue weighted by Crippen LogP contribution is -2.38. The molecule has 0 saturated heterocycles. The number of hydrogen-bond donors (Lipinski definition) is 0. The molecule has 0 unspecified atom stereocenters.